The number of hydrogen-bond donors (Lipinski definition) is 1. The Bertz CT molecular complexity index is 1370. The van der Waals surface area contributed by atoms with Crippen LogP contribution in [0.5, 0.6) is 0 Å². The molecule has 2 aromatic carbocycles. The van der Waals surface area contributed by atoms with Crippen LogP contribution >= 0.6 is 23.2 Å². The minimum Gasteiger partial charge on any atom is -0.464 e. The molecule has 0 saturated carbocycles. The first kappa shape index (κ1) is 26.8. The van der Waals surface area contributed by atoms with Gasteiger partial charge in [0, 0.05) is 49.1 Å². The lowest BCUT2D eigenvalue weighted by molar-refractivity contribution is 0.104. The van der Waals surface area contributed by atoms with Gasteiger partial charge in [0.05, 0.1) is 15.6 Å². The fraction of sp³-hybridized carbons (Fsp3) is 0.400. The van der Waals surface area contributed by atoms with E-state index in [1.54, 1.807) is 24.3 Å². The van der Waals surface area contributed by atoms with Gasteiger partial charge >= 0.3 is 6.09 Å². The molecule has 0 spiro atoms. The highest BCUT2D eigenvalue weighted by Crippen LogP contribution is 2.35. The minimum atomic E-state index is -0.928. The molecule has 6 nitrogen and oxygen atoms in total. The van der Waals surface area contributed by atoms with E-state index >= 15 is 0 Å². The molecular weight excluding hydrogens is 521 g/mol. The zero-order chi connectivity index (χ0) is 26.8. The number of rotatable bonds is 6. The normalized spacial score (nSPS) is 18.0. The number of carbonyl (C=O) groups excluding carboxylic acids is 1. The van der Waals surface area contributed by atoms with E-state index in [2.05, 4.69) is 22.8 Å². The molecule has 2 aliphatic rings. The van der Waals surface area contributed by atoms with Crippen LogP contribution in [0.4, 0.5) is 4.79 Å². The summed E-state index contributed by atoms with van der Waals surface area (Å²) in [6.07, 6.45) is 8.74. The number of piperidine rings is 2. The highest BCUT2D eigenvalue weighted by molar-refractivity contribution is 6.42. The van der Waals surface area contributed by atoms with Crippen LogP contribution in [0.15, 0.2) is 54.9 Å². The third-order valence-electron chi connectivity index (χ3n) is 8.03. The average Bonchev–Trinajstić information content (AvgIpc) is 3.29. The number of hydrogen-bond acceptors (Lipinski definition) is 4. The van der Waals surface area contributed by atoms with E-state index < -0.39 is 6.09 Å². The van der Waals surface area contributed by atoms with E-state index in [0.29, 0.717) is 27.4 Å². The maximum Gasteiger partial charge on any atom is 0.416 e. The van der Waals surface area contributed by atoms with Gasteiger partial charge in [-0.15, -0.1) is 0 Å². The van der Waals surface area contributed by atoms with Crippen LogP contribution in [0.3, 0.4) is 0 Å². The third-order valence-corrected chi connectivity index (χ3v) is 8.77. The summed E-state index contributed by atoms with van der Waals surface area (Å²) in [5.41, 5.74) is 3.64. The average molecular weight is 555 g/mol. The minimum absolute atomic E-state index is 0.0739. The maximum atomic E-state index is 12.5. The van der Waals surface area contributed by atoms with Gasteiger partial charge in [0.2, 0.25) is 0 Å². The number of ketones is 1. The van der Waals surface area contributed by atoms with Gasteiger partial charge in [-0.3, -0.25) is 9.36 Å². The van der Waals surface area contributed by atoms with Crippen molar-refractivity contribution in [3.05, 3.63) is 81.6 Å². The van der Waals surface area contributed by atoms with Crippen molar-refractivity contribution in [2.45, 2.75) is 38.5 Å². The van der Waals surface area contributed by atoms with Crippen LogP contribution in [0, 0.1) is 12.8 Å². The van der Waals surface area contributed by atoms with Crippen LogP contribution in [-0.4, -0.2) is 64.1 Å². The van der Waals surface area contributed by atoms with Crippen molar-refractivity contribution in [1.82, 2.24) is 14.4 Å². The molecule has 38 heavy (non-hydrogen) atoms. The largest absolute Gasteiger partial charge is 0.464 e. The summed E-state index contributed by atoms with van der Waals surface area (Å²) in [6, 6.07) is 11.0. The van der Waals surface area contributed by atoms with Crippen molar-refractivity contribution < 1.29 is 14.7 Å². The Morgan fingerprint density at radius 2 is 1.71 bits per heavy atom. The van der Waals surface area contributed by atoms with Gasteiger partial charge in [-0.2, -0.15) is 0 Å². The van der Waals surface area contributed by atoms with Gasteiger partial charge < -0.3 is 14.9 Å². The van der Waals surface area contributed by atoms with Crippen LogP contribution in [-0.2, 0) is 0 Å². The number of likely N-dealkylation sites (tertiary alicyclic amines) is 2. The topological polar surface area (TPSA) is 65.8 Å². The molecule has 200 valence electrons. The number of carboxylic acid groups (broad SMARTS) is 1. The number of benzene rings is 2. The van der Waals surface area contributed by atoms with E-state index in [9.17, 15) is 14.7 Å². The molecule has 0 aliphatic carbocycles. The Hall–Kier alpha value is -2.80. The summed E-state index contributed by atoms with van der Waals surface area (Å²) in [5, 5.41) is 11.6. The number of fused-ring (bicyclic) bond motifs is 1. The van der Waals surface area contributed by atoms with E-state index in [0.717, 1.165) is 74.9 Å². The standard InChI is InChI=1S/C30H33Cl2N3O3/c1-20-2-5-28-24(16-20)25(19-35(28)30(37)38)22-8-13-34(14-9-22)18-21-6-11-33(12-7-21)15-10-29(36)23-3-4-26(31)27(32)17-23/h2-5,10,15-17,19,21-22H,6-9,11-14,18H2,1H3,(H,37,38)/b15-10+. The Kier molecular flexibility index (Phi) is 8.12. The molecular formula is C30H33Cl2N3O3. The Balaban J connectivity index is 1.11. The lowest BCUT2D eigenvalue weighted by Gasteiger charge is -2.37. The molecule has 0 radical (unpaired) electrons. The van der Waals surface area contributed by atoms with Crippen molar-refractivity contribution in [3.8, 4) is 0 Å². The van der Waals surface area contributed by atoms with Gasteiger partial charge in [-0.25, -0.2) is 4.79 Å². The van der Waals surface area contributed by atoms with Crippen molar-refractivity contribution in [3.63, 3.8) is 0 Å². The van der Waals surface area contributed by atoms with Crippen molar-refractivity contribution in [2.24, 2.45) is 5.92 Å². The molecule has 0 unspecified atom stereocenters. The van der Waals surface area contributed by atoms with Crippen LogP contribution < -0.4 is 0 Å². The second-order valence-corrected chi connectivity index (χ2v) is 11.4. The SMILES string of the molecule is Cc1ccc2c(c1)c(C1CCN(CC3CCN(/C=C/C(=O)c4ccc(Cl)c(Cl)c4)CC3)CC1)cn2C(=O)O. The molecule has 0 bridgehead atoms. The molecule has 3 aromatic rings. The molecule has 3 heterocycles. The fourth-order valence-corrected chi connectivity index (χ4v) is 6.15. The quantitative estimate of drug-likeness (QED) is 0.261. The molecule has 5 rings (SSSR count). The summed E-state index contributed by atoms with van der Waals surface area (Å²) < 4.78 is 1.37. The Labute approximate surface area is 233 Å². The zero-order valence-corrected chi connectivity index (χ0v) is 23.1. The van der Waals surface area contributed by atoms with Gasteiger partial charge in [0.1, 0.15) is 0 Å². The number of allylic oxidation sites excluding steroid dienone is 1. The highest BCUT2D eigenvalue weighted by Gasteiger charge is 2.27. The van der Waals surface area contributed by atoms with Gasteiger partial charge in [0.25, 0.3) is 0 Å². The van der Waals surface area contributed by atoms with Crippen LogP contribution in [0.1, 0.15) is 53.1 Å². The number of nitrogens with zero attached hydrogens (tertiary/aromatic N) is 3. The Morgan fingerprint density at radius 3 is 2.39 bits per heavy atom. The molecule has 1 aromatic heterocycles. The van der Waals surface area contributed by atoms with Gasteiger partial charge in [0.15, 0.2) is 5.78 Å². The van der Waals surface area contributed by atoms with Crippen molar-refractivity contribution >= 4 is 46.0 Å². The number of carbonyl (C=O) groups is 2. The lowest BCUT2D eigenvalue weighted by Crippen LogP contribution is -2.40. The second-order valence-electron chi connectivity index (χ2n) is 10.6. The van der Waals surface area contributed by atoms with Crippen molar-refractivity contribution in [1.29, 1.82) is 0 Å². The monoisotopic (exact) mass is 553 g/mol. The fourth-order valence-electron chi connectivity index (χ4n) is 5.85. The highest BCUT2D eigenvalue weighted by atomic mass is 35.5. The number of aromatic nitrogens is 1. The van der Waals surface area contributed by atoms with Gasteiger partial charge in [-0.05, 0) is 93.4 Å². The first-order chi connectivity index (χ1) is 18.3. The number of halogens is 2. The molecule has 0 amide bonds. The first-order valence-electron chi connectivity index (χ1n) is 13.3. The molecule has 2 aliphatic heterocycles. The summed E-state index contributed by atoms with van der Waals surface area (Å²) >= 11 is 12.0. The number of aryl methyl sites for hydroxylation is 1. The summed E-state index contributed by atoms with van der Waals surface area (Å²) in [5.74, 6) is 0.963. The molecule has 2 fully saturated rings. The zero-order valence-electron chi connectivity index (χ0n) is 21.6. The van der Waals surface area contributed by atoms with E-state index in [-0.39, 0.29) is 5.78 Å². The summed E-state index contributed by atoms with van der Waals surface area (Å²) in [6.45, 7) is 7.12. The summed E-state index contributed by atoms with van der Waals surface area (Å²) in [4.78, 5) is 29.0. The van der Waals surface area contributed by atoms with Crippen LogP contribution in [0.2, 0.25) is 10.0 Å². The second kappa shape index (κ2) is 11.5. The Morgan fingerprint density at radius 1 is 0.974 bits per heavy atom. The van der Waals surface area contributed by atoms with Gasteiger partial charge in [-0.1, -0.05) is 34.8 Å². The molecule has 0 atom stereocenters. The first-order valence-corrected chi connectivity index (χ1v) is 14.0. The smallest absolute Gasteiger partial charge is 0.416 e. The van der Waals surface area contributed by atoms with E-state index in [1.807, 2.05) is 24.5 Å². The van der Waals surface area contributed by atoms with Crippen LogP contribution in [0.25, 0.3) is 10.9 Å². The van der Waals surface area contributed by atoms with E-state index in [1.165, 1.54) is 10.1 Å². The summed E-state index contributed by atoms with van der Waals surface area (Å²) in [7, 11) is 0. The molecule has 2 saturated heterocycles. The predicted octanol–water partition coefficient (Wildman–Crippen LogP) is 7.07. The molecule has 1 N–H and O–H groups in total. The lowest BCUT2D eigenvalue weighted by atomic mass is 9.88. The third kappa shape index (κ3) is 5.93. The maximum absolute atomic E-state index is 12.5. The molecule has 8 heteroatoms. The van der Waals surface area contributed by atoms with Crippen molar-refractivity contribution in [2.75, 3.05) is 32.7 Å². The van der Waals surface area contributed by atoms with E-state index in [4.69, 9.17) is 23.2 Å². The predicted molar refractivity (Wildman–Crippen MR) is 153 cm³/mol.